The second-order valence-electron chi connectivity index (χ2n) is 4.79. The Bertz CT molecular complexity index is 694. The van der Waals surface area contributed by atoms with Crippen LogP contribution < -0.4 is 11.2 Å². The van der Waals surface area contributed by atoms with Gasteiger partial charge in [0.25, 0.3) is 0 Å². The molecule has 4 heteroatoms. The lowest BCUT2D eigenvalue weighted by Gasteiger charge is -2.09. The molecule has 0 saturated heterocycles. The number of nitrogens with zero attached hydrogens (tertiary/aromatic N) is 1. The van der Waals surface area contributed by atoms with Crippen molar-refractivity contribution in [1.29, 1.82) is 0 Å². The molecule has 0 bridgehead atoms. The highest BCUT2D eigenvalue weighted by atomic mass is 32.1. The van der Waals surface area contributed by atoms with Crippen LogP contribution in [0.4, 0.5) is 0 Å². The number of aryl methyl sites for hydroxylation is 2. The highest BCUT2D eigenvalue weighted by Gasteiger charge is 2.16. The van der Waals surface area contributed by atoms with Gasteiger partial charge in [-0.05, 0) is 53.9 Å². The zero-order valence-electron chi connectivity index (χ0n) is 10.7. The van der Waals surface area contributed by atoms with E-state index in [4.69, 9.17) is 18.0 Å². The molecule has 1 aliphatic rings. The van der Waals surface area contributed by atoms with E-state index >= 15 is 0 Å². The summed E-state index contributed by atoms with van der Waals surface area (Å²) in [6, 6.07) is 10.8. The van der Waals surface area contributed by atoms with Gasteiger partial charge in [0.2, 0.25) is 0 Å². The van der Waals surface area contributed by atoms with E-state index in [1.54, 1.807) is 0 Å². The maximum absolute atomic E-state index is 5.40. The second kappa shape index (κ2) is 4.63. The number of nitrogens with two attached hydrogens (primary N) is 1. The summed E-state index contributed by atoms with van der Waals surface area (Å²) in [5.74, 6) is 0. The molecule has 0 atom stereocenters. The third-order valence-electron chi connectivity index (χ3n) is 3.60. The van der Waals surface area contributed by atoms with Gasteiger partial charge in [-0.3, -0.25) is 5.43 Å². The SMILES string of the molecule is CC(=NNC(N)=S)c1ccc2c3c(cccc13)CC2. The van der Waals surface area contributed by atoms with E-state index in [9.17, 15) is 0 Å². The molecule has 3 N–H and O–H groups in total. The maximum atomic E-state index is 5.40. The lowest BCUT2D eigenvalue weighted by atomic mass is 9.98. The monoisotopic (exact) mass is 269 g/mol. The number of hydrogen-bond acceptors (Lipinski definition) is 2. The molecule has 19 heavy (non-hydrogen) atoms. The maximum Gasteiger partial charge on any atom is 0.184 e. The van der Waals surface area contributed by atoms with Crippen molar-refractivity contribution in [3.63, 3.8) is 0 Å². The third-order valence-corrected chi connectivity index (χ3v) is 3.69. The van der Waals surface area contributed by atoms with Gasteiger partial charge in [-0.25, -0.2) is 0 Å². The first-order valence-electron chi connectivity index (χ1n) is 6.30. The molecule has 0 unspecified atom stereocenters. The van der Waals surface area contributed by atoms with Crippen molar-refractivity contribution in [1.82, 2.24) is 5.43 Å². The Labute approximate surface area is 117 Å². The van der Waals surface area contributed by atoms with Crippen LogP contribution in [-0.4, -0.2) is 10.8 Å². The third kappa shape index (κ3) is 2.08. The molecule has 96 valence electrons. The fourth-order valence-electron chi connectivity index (χ4n) is 2.76. The van der Waals surface area contributed by atoms with Crippen molar-refractivity contribution in [2.24, 2.45) is 10.8 Å². The zero-order valence-corrected chi connectivity index (χ0v) is 11.6. The van der Waals surface area contributed by atoms with Crippen molar-refractivity contribution >= 4 is 33.8 Å². The van der Waals surface area contributed by atoms with E-state index in [-0.39, 0.29) is 5.11 Å². The van der Waals surface area contributed by atoms with Crippen LogP contribution in [0.2, 0.25) is 0 Å². The molecule has 0 spiro atoms. The standard InChI is InChI=1S/C15H15N3S/c1-9(17-18-15(16)19)12-8-7-11-6-5-10-3-2-4-13(12)14(10)11/h2-4,7-8H,5-6H2,1H3,(H3,16,18,19). The number of nitrogens with one attached hydrogen (secondary N) is 1. The van der Waals surface area contributed by atoms with Crippen LogP contribution in [0.1, 0.15) is 23.6 Å². The summed E-state index contributed by atoms with van der Waals surface area (Å²) < 4.78 is 0. The molecule has 0 heterocycles. The summed E-state index contributed by atoms with van der Waals surface area (Å²) in [6.45, 7) is 1.96. The highest BCUT2D eigenvalue weighted by molar-refractivity contribution is 7.80. The van der Waals surface area contributed by atoms with Gasteiger partial charge in [0.1, 0.15) is 0 Å². The Morgan fingerprint density at radius 2 is 1.95 bits per heavy atom. The Hall–Kier alpha value is -1.94. The molecular formula is C15H15N3S. The van der Waals surface area contributed by atoms with E-state index in [0.29, 0.717) is 0 Å². The normalized spacial score (nSPS) is 13.8. The van der Waals surface area contributed by atoms with Gasteiger partial charge in [-0.1, -0.05) is 30.3 Å². The van der Waals surface area contributed by atoms with Crippen LogP contribution in [0.3, 0.4) is 0 Å². The van der Waals surface area contributed by atoms with Crippen molar-refractivity contribution in [3.8, 4) is 0 Å². The van der Waals surface area contributed by atoms with Gasteiger partial charge in [0, 0.05) is 5.56 Å². The van der Waals surface area contributed by atoms with Crippen LogP contribution in [0.15, 0.2) is 35.4 Å². The quantitative estimate of drug-likeness (QED) is 0.500. The smallest absolute Gasteiger partial charge is 0.184 e. The number of benzene rings is 2. The van der Waals surface area contributed by atoms with Crippen molar-refractivity contribution in [2.45, 2.75) is 19.8 Å². The highest BCUT2D eigenvalue weighted by Crippen LogP contribution is 2.32. The van der Waals surface area contributed by atoms with Crippen molar-refractivity contribution < 1.29 is 0 Å². The summed E-state index contributed by atoms with van der Waals surface area (Å²) in [5.41, 5.74) is 12.9. The fourth-order valence-corrected chi connectivity index (χ4v) is 2.81. The first kappa shape index (κ1) is 12.1. The fraction of sp³-hybridized carbons (Fsp3) is 0.200. The molecule has 1 aliphatic carbocycles. The molecule has 3 nitrogen and oxygen atoms in total. The average Bonchev–Trinajstić information content (AvgIpc) is 2.82. The van der Waals surface area contributed by atoms with Crippen molar-refractivity contribution in [3.05, 3.63) is 47.0 Å². The van der Waals surface area contributed by atoms with Gasteiger partial charge >= 0.3 is 0 Å². The summed E-state index contributed by atoms with van der Waals surface area (Å²) >= 11 is 4.77. The van der Waals surface area contributed by atoms with E-state index in [1.807, 2.05) is 6.92 Å². The topological polar surface area (TPSA) is 50.4 Å². The molecule has 0 radical (unpaired) electrons. The zero-order chi connectivity index (χ0) is 13.4. The number of hydrazone groups is 1. The minimum absolute atomic E-state index is 0.185. The van der Waals surface area contributed by atoms with E-state index in [0.717, 1.165) is 24.1 Å². The Morgan fingerprint density at radius 3 is 2.68 bits per heavy atom. The predicted molar refractivity (Wildman–Crippen MR) is 83.5 cm³/mol. The Kier molecular flexibility index (Phi) is 2.95. The van der Waals surface area contributed by atoms with Gasteiger partial charge in [-0.2, -0.15) is 5.10 Å². The minimum Gasteiger partial charge on any atom is -0.375 e. The molecule has 0 amide bonds. The van der Waals surface area contributed by atoms with Crippen LogP contribution in [0.5, 0.6) is 0 Å². The minimum atomic E-state index is 0.185. The Balaban J connectivity index is 2.16. The van der Waals surface area contributed by atoms with E-state index < -0.39 is 0 Å². The lowest BCUT2D eigenvalue weighted by Crippen LogP contribution is -2.25. The second-order valence-corrected chi connectivity index (χ2v) is 5.23. The van der Waals surface area contributed by atoms with Gasteiger partial charge < -0.3 is 5.73 Å². The van der Waals surface area contributed by atoms with Crippen molar-refractivity contribution in [2.75, 3.05) is 0 Å². The summed E-state index contributed by atoms with van der Waals surface area (Å²) in [5, 5.41) is 7.07. The molecule has 0 fully saturated rings. The van der Waals surface area contributed by atoms with Gasteiger partial charge in [0.05, 0.1) is 5.71 Å². The summed E-state index contributed by atoms with van der Waals surface area (Å²) in [7, 11) is 0. The van der Waals surface area contributed by atoms with E-state index in [2.05, 4.69) is 40.9 Å². The first-order valence-corrected chi connectivity index (χ1v) is 6.71. The van der Waals surface area contributed by atoms with Gasteiger partial charge in [0.15, 0.2) is 5.11 Å². The summed E-state index contributed by atoms with van der Waals surface area (Å²) in [6.07, 6.45) is 2.27. The molecular weight excluding hydrogens is 254 g/mol. The largest absolute Gasteiger partial charge is 0.375 e. The molecule has 0 aromatic heterocycles. The van der Waals surface area contributed by atoms with Crippen LogP contribution in [0, 0.1) is 0 Å². The molecule has 0 saturated carbocycles. The average molecular weight is 269 g/mol. The Morgan fingerprint density at radius 1 is 1.21 bits per heavy atom. The van der Waals surface area contributed by atoms with Gasteiger partial charge in [-0.15, -0.1) is 0 Å². The number of hydrogen-bond donors (Lipinski definition) is 2. The molecule has 2 aromatic carbocycles. The van der Waals surface area contributed by atoms with Crippen LogP contribution in [-0.2, 0) is 12.8 Å². The first-order chi connectivity index (χ1) is 9.16. The molecule has 3 rings (SSSR count). The van der Waals surface area contributed by atoms with E-state index in [1.165, 1.54) is 21.9 Å². The number of rotatable bonds is 2. The van der Waals surface area contributed by atoms with Crippen LogP contribution >= 0.6 is 12.2 Å². The van der Waals surface area contributed by atoms with Crippen LogP contribution in [0.25, 0.3) is 10.8 Å². The predicted octanol–water partition coefficient (Wildman–Crippen LogP) is 2.50. The summed E-state index contributed by atoms with van der Waals surface area (Å²) in [4.78, 5) is 0. The number of thiocarbonyl (C=S) groups is 1. The lowest BCUT2D eigenvalue weighted by molar-refractivity contribution is 1.02. The molecule has 0 aliphatic heterocycles. The molecule has 2 aromatic rings.